The number of hydrogen-bond acceptors (Lipinski definition) is 5. The molecule has 1 fully saturated rings. The van der Waals surface area contributed by atoms with E-state index in [0.29, 0.717) is 5.13 Å². The number of carbonyl (C=O) groups excluding carboxylic acids is 1. The van der Waals surface area contributed by atoms with Crippen LogP contribution in [0.15, 0.2) is 5.38 Å². The molecule has 1 aliphatic heterocycles. The number of hydrogen-bond donors (Lipinski definition) is 1. The summed E-state index contributed by atoms with van der Waals surface area (Å²) in [7, 11) is 0. The smallest absolute Gasteiger partial charge is 0.252 e. The Morgan fingerprint density at radius 3 is 2.64 bits per heavy atom. The Morgan fingerprint density at radius 2 is 2.00 bits per heavy atom. The van der Waals surface area contributed by atoms with Gasteiger partial charge in [0.15, 0.2) is 5.13 Å². The molecular weight excluding hydrogens is 298 g/mol. The van der Waals surface area contributed by atoms with Gasteiger partial charge in [0.2, 0.25) is 0 Å². The molecule has 0 bridgehead atoms. The zero-order valence-electron chi connectivity index (χ0n) is 13.9. The molecule has 5 nitrogen and oxygen atoms in total. The number of anilines is 1. The third-order valence-corrected chi connectivity index (χ3v) is 4.33. The fourth-order valence-electron chi connectivity index (χ4n) is 2.40. The normalized spacial score (nSPS) is 17.2. The SMILES string of the molecule is CC(C)(C)OCC(=O)Nc1nc(CN2CCCCCC2)cs1. The highest BCUT2D eigenvalue weighted by molar-refractivity contribution is 7.13. The van der Waals surface area contributed by atoms with E-state index < -0.39 is 0 Å². The molecule has 2 heterocycles. The highest BCUT2D eigenvalue weighted by Crippen LogP contribution is 2.19. The lowest BCUT2D eigenvalue weighted by Crippen LogP contribution is -2.27. The molecule has 1 aromatic heterocycles. The third kappa shape index (κ3) is 6.42. The minimum atomic E-state index is -0.307. The maximum atomic E-state index is 11.8. The lowest BCUT2D eigenvalue weighted by atomic mass is 10.2. The molecule has 0 saturated carbocycles. The van der Waals surface area contributed by atoms with Gasteiger partial charge in [0.1, 0.15) is 6.61 Å². The topological polar surface area (TPSA) is 54.5 Å². The van der Waals surface area contributed by atoms with Crippen molar-refractivity contribution in [2.75, 3.05) is 25.0 Å². The largest absolute Gasteiger partial charge is 0.366 e. The summed E-state index contributed by atoms with van der Waals surface area (Å²) in [5.41, 5.74) is 0.733. The number of ether oxygens (including phenoxy) is 1. The van der Waals surface area contributed by atoms with Crippen molar-refractivity contribution in [2.24, 2.45) is 0 Å². The number of likely N-dealkylation sites (tertiary alicyclic amines) is 1. The first-order valence-electron chi connectivity index (χ1n) is 8.03. The molecule has 1 aromatic rings. The van der Waals surface area contributed by atoms with E-state index >= 15 is 0 Å². The standard InChI is InChI=1S/C16H27N3O2S/c1-16(2,3)21-11-14(20)18-15-17-13(12-22-15)10-19-8-6-4-5-7-9-19/h12H,4-11H2,1-3H3,(H,17,18,20). The zero-order valence-corrected chi connectivity index (χ0v) is 14.7. The van der Waals surface area contributed by atoms with Gasteiger partial charge in [0.05, 0.1) is 11.3 Å². The monoisotopic (exact) mass is 325 g/mol. The zero-order chi connectivity index (χ0) is 16.0. The Kier molecular flexibility index (Phi) is 6.35. The van der Waals surface area contributed by atoms with Crippen LogP contribution < -0.4 is 5.32 Å². The Labute approximate surface area is 137 Å². The molecule has 0 aromatic carbocycles. The summed E-state index contributed by atoms with van der Waals surface area (Å²) in [6, 6.07) is 0. The number of carbonyl (C=O) groups is 1. The summed E-state index contributed by atoms with van der Waals surface area (Å²) in [5, 5.41) is 5.50. The van der Waals surface area contributed by atoms with Crippen LogP contribution in [0.2, 0.25) is 0 Å². The van der Waals surface area contributed by atoms with Crippen LogP contribution in [0.4, 0.5) is 5.13 Å². The molecule has 0 aliphatic carbocycles. The van der Waals surface area contributed by atoms with E-state index in [2.05, 4.69) is 15.2 Å². The Morgan fingerprint density at radius 1 is 1.32 bits per heavy atom. The Balaban J connectivity index is 1.79. The highest BCUT2D eigenvalue weighted by Gasteiger charge is 2.15. The molecule has 124 valence electrons. The maximum Gasteiger partial charge on any atom is 0.252 e. The number of nitrogens with zero attached hydrogens (tertiary/aromatic N) is 2. The lowest BCUT2D eigenvalue weighted by Gasteiger charge is -2.18. The molecule has 1 aliphatic rings. The van der Waals surface area contributed by atoms with Crippen molar-refractivity contribution in [1.29, 1.82) is 0 Å². The number of rotatable bonds is 5. The number of amides is 1. The van der Waals surface area contributed by atoms with Crippen molar-refractivity contribution in [3.63, 3.8) is 0 Å². The highest BCUT2D eigenvalue weighted by atomic mass is 32.1. The molecule has 1 saturated heterocycles. The molecular formula is C16H27N3O2S. The van der Waals surface area contributed by atoms with Gasteiger partial charge in [0, 0.05) is 11.9 Å². The van der Waals surface area contributed by atoms with Gasteiger partial charge in [-0.25, -0.2) is 4.98 Å². The average molecular weight is 325 g/mol. The van der Waals surface area contributed by atoms with Crippen LogP contribution in [0, 0.1) is 0 Å². The predicted molar refractivity (Wildman–Crippen MR) is 90.2 cm³/mol. The summed E-state index contributed by atoms with van der Waals surface area (Å²) in [4.78, 5) is 18.8. The molecule has 0 unspecified atom stereocenters. The van der Waals surface area contributed by atoms with Crippen molar-refractivity contribution in [3.05, 3.63) is 11.1 Å². The van der Waals surface area contributed by atoms with E-state index in [-0.39, 0.29) is 18.1 Å². The van der Waals surface area contributed by atoms with E-state index in [1.165, 1.54) is 37.0 Å². The fraction of sp³-hybridized carbons (Fsp3) is 0.750. The van der Waals surface area contributed by atoms with Gasteiger partial charge < -0.3 is 4.74 Å². The minimum Gasteiger partial charge on any atom is -0.366 e. The van der Waals surface area contributed by atoms with Crippen LogP contribution in [-0.4, -0.2) is 41.1 Å². The average Bonchev–Trinajstić information content (AvgIpc) is 2.70. The second-order valence-electron chi connectivity index (χ2n) is 6.78. The first-order chi connectivity index (χ1) is 10.4. The lowest BCUT2D eigenvalue weighted by molar-refractivity contribution is -0.125. The van der Waals surface area contributed by atoms with E-state index in [9.17, 15) is 4.79 Å². The number of nitrogens with one attached hydrogen (secondary N) is 1. The van der Waals surface area contributed by atoms with Gasteiger partial charge in [-0.2, -0.15) is 0 Å². The van der Waals surface area contributed by atoms with Crippen LogP contribution >= 0.6 is 11.3 Å². The predicted octanol–water partition coefficient (Wildman–Crippen LogP) is 3.27. The van der Waals surface area contributed by atoms with Gasteiger partial charge >= 0.3 is 0 Å². The van der Waals surface area contributed by atoms with Crippen LogP contribution in [-0.2, 0) is 16.1 Å². The van der Waals surface area contributed by atoms with Crippen molar-refractivity contribution < 1.29 is 9.53 Å². The Hall–Kier alpha value is -0.980. The number of thiazole rings is 1. The van der Waals surface area contributed by atoms with Crippen molar-refractivity contribution in [3.8, 4) is 0 Å². The third-order valence-electron chi connectivity index (χ3n) is 3.52. The first kappa shape index (κ1) is 17.4. The van der Waals surface area contributed by atoms with Gasteiger partial charge in [0.25, 0.3) is 5.91 Å². The van der Waals surface area contributed by atoms with Crippen molar-refractivity contribution >= 4 is 22.4 Å². The minimum absolute atomic E-state index is 0.0601. The van der Waals surface area contributed by atoms with Gasteiger partial charge in [-0.15, -0.1) is 11.3 Å². The summed E-state index contributed by atoms with van der Waals surface area (Å²) < 4.78 is 5.46. The molecule has 0 atom stereocenters. The summed E-state index contributed by atoms with van der Waals surface area (Å²) in [6.45, 7) is 9.04. The van der Waals surface area contributed by atoms with Crippen LogP contribution in [0.5, 0.6) is 0 Å². The number of aromatic nitrogens is 1. The second kappa shape index (κ2) is 8.04. The van der Waals surface area contributed by atoms with Gasteiger partial charge in [-0.05, 0) is 46.7 Å². The van der Waals surface area contributed by atoms with Crippen molar-refractivity contribution in [1.82, 2.24) is 9.88 Å². The summed E-state index contributed by atoms with van der Waals surface area (Å²) in [5.74, 6) is -0.148. The second-order valence-corrected chi connectivity index (χ2v) is 7.64. The van der Waals surface area contributed by atoms with Crippen LogP contribution in [0.25, 0.3) is 0 Å². The summed E-state index contributed by atoms with van der Waals surface area (Å²) in [6.07, 6.45) is 5.22. The van der Waals surface area contributed by atoms with Gasteiger partial charge in [-0.1, -0.05) is 12.8 Å². The molecule has 0 spiro atoms. The quantitative estimate of drug-likeness (QED) is 0.903. The molecule has 22 heavy (non-hydrogen) atoms. The van der Waals surface area contributed by atoms with Gasteiger partial charge in [-0.3, -0.25) is 15.0 Å². The first-order valence-corrected chi connectivity index (χ1v) is 8.91. The van der Waals surface area contributed by atoms with E-state index in [1.807, 2.05) is 26.2 Å². The molecule has 2 rings (SSSR count). The van der Waals surface area contributed by atoms with E-state index in [0.717, 1.165) is 25.3 Å². The molecule has 1 amide bonds. The molecule has 0 radical (unpaired) electrons. The van der Waals surface area contributed by atoms with E-state index in [4.69, 9.17) is 4.74 Å². The fourth-order valence-corrected chi connectivity index (χ4v) is 3.12. The Bertz CT molecular complexity index is 474. The van der Waals surface area contributed by atoms with Crippen LogP contribution in [0.3, 0.4) is 0 Å². The molecule has 1 N–H and O–H groups in total. The molecule has 6 heteroatoms. The van der Waals surface area contributed by atoms with Crippen molar-refractivity contribution in [2.45, 2.75) is 58.6 Å². The van der Waals surface area contributed by atoms with E-state index in [1.54, 1.807) is 0 Å². The van der Waals surface area contributed by atoms with Crippen LogP contribution in [0.1, 0.15) is 52.1 Å². The maximum absolute atomic E-state index is 11.8. The summed E-state index contributed by atoms with van der Waals surface area (Å²) >= 11 is 1.48.